The van der Waals surface area contributed by atoms with Gasteiger partial charge in [0.25, 0.3) is 0 Å². The number of carboxylic acid groups (broad SMARTS) is 2. The minimum atomic E-state index is -1.46. The highest BCUT2D eigenvalue weighted by molar-refractivity contribution is 5.97. The van der Waals surface area contributed by atoms with E-state index in [4.69, 9.17) is 5.73 Å². The molecule has 0 aliphatic carbocycles. The molecule has 7 atom stereocenters. The van der Waals surface area contributed by atoms with Crippen LogP contribution in [0.3, 0.4) is 0 Å². The quantitative estimate of drug-likeness (QED) is 0.0709. The van der Waals surface area contributed by atoms with E-state index in [0.29, 0.717) is 31.4 Å². The SMILES string of the molecule is CC(C)C[C@H](NC(=O)[C@H](CCC(=O)O)NC(=O)[C@@H]1CCCN1C(=O)[C@H](CCC(N)=O)NC(=O)[C@@H]1CCCN1)C(=O)N1CCC[C@H]1C(=O)N[C@@H](Cc1ccc(O)cc1)C(=O)O. The van der Waals surface area contributed by atoms with Gasteiger partial charge in [-0.15, -0.1) is 0 Å². The summed E-state index contributed by atoms with van der Waals surface area (Å²) in [5.74, 6) is -7.39. The van der Waals surface area contributed by atoms with E-state index < -0.39 is 102 Å². The molecule has 3 fully saturated rings. The number of phenolic OH excluding ortho intramolecular Hbond substituents is 1. The number of carbonyl (C=O) groups excluding carboxylic acids is 7. The van der Waals surface area contributed by atoms with Gasteiger partial charge in [0.1, 0.15) is 42.0 Å². The molecular weight excluding hydrogens is 784 g/mol. The molecule has 3 saturated heterocycles. The van der Waals surface area contributed by atoms with Crippen LogP contribution < -0.4 is 32.3 Å². The van der Waals surface area contributed by atoms with Gasteiger partial charge < -0.3 is 57.4 Å². The van der Waals surface area contributed by atoms with E-state index >= 15 is 0 Å². The minimum Gasteiger partial charge on any atom is -0.508 e. The number of aromatic hydroxyl groups is 1. The maximum Gasteiger partial charge on any atom is 0.326 e. The number of rotatable bonds is 21. The Bertz CT molecular complexity index is 1750. The molecule has 60 heavy (non-hydrogen) atoms. The number of hydrogen-bond acceptors (Lipinski definition) is 11. The number of amides is 7. The first-order valence-corrected chi connectivity index (χ1v) is 20.5. The Balaban J connectivity index is 1.47. The highest BCUT2D eigenvalue weighted by atomic mass is 16.4. The second-order valence-electron chi connectivity index (χ2n) is 16.0. The number of carboxylic acids is 2. The summed E-state index contributed by atoms with van der Waals surface area (Å²) in [7, 11) is 0. The molecule has 10 N–H and O–H groups in total. The molecule has 4 rings (SSSR count). The molecule has 0 spiro atoms. The Kier molecular flexibility index (Phi) is 17.2. The van der Waals surface area contributed by atoms with Crippen LogP contribution in [-0.2, 0) is 49.6 Å². The molecule has 3 aliphatic rings. The van der Waals surface area contributed by atoms with Gasteiger partial charge in [0.05, 0.1) is 6.04 Å². The molecule has 0 radical (unpaired) electrons. The molecule has 20 nitrogen and oxygen atoms in total. The van der Waals surface area contributed by atoms with Crippen LogP contribution >= 0.6 is 0 Å². The fourth-order valence-corrected chi connectivity index (χ4v) is 7.84. The lowest BCUT2D eigenvalue weighted by Gasteiger charge is -2.32. The molecular formula is C40H58N8O12. The zero-order valence-electron chi connectivity index (χ0n) is 34.0. The molecule has 0 saturated carbocycles. The number of aliphatic carboxylic acids is 2. The van der Waals surface area contributed by atoms with Crippen LogP contribution in [0.25, 0.3) is 0 Å². The third kappa shape index (κ3) is 13.4. The topological polar surface area (TPSA) is 307 Å². The van der Waals surface area contributed by atoms with E-state index in [9.17, 15) is 58.5 Å². The zero-order chi connectivity index (χ0) is 44.1. The van der Waals surface area contributed by atoms with Crippen molar-refractivity contribution in [3.63, 3.8) is 0 Å². The smallest absolute Gasteiger partial charge is 0.326 e. The lowest BCUT2D eigenvalue weighted by molar-refractivity contribution is -0.145. The number of nitrogens with one attached hydrogen (secondary N) is 5. The van der Waals surface area contributed by atoms with Crippen LogP contribution in [0.2, 0.25) is 0 Å². The van der Waals surface area contributed by atoms with Crippen LogP contribution in [0.4, 0.5) is 0 Å². The van der Waals surface area contributed by atoms with Gasteiger partial charge in [0.2, 0.25) is 41.4 Å². The first kappa shape index (κ1) is 46.9. The standard InChI is InChI=1S/C40H58N8O12/c1-22(2)20-28(39(58)48-19-5-8-31(48)37(56)46-29(40(59)60)21-23-9-11-24(49)12-10-23)45-35(54)26(14-16-33(51)52)43-36(55)30-7-4-18-47(30)38(57)27(13-15-32(41)50)44-34(53)25-6-3-17-42-25/h9-12,22,25-31,42,49H,3-8,13-21H2,1-2H3,(H2,41,50)(H,43,55)(H,44,53)(H,45,54)(H,46,56)(H,51,52)(H,59,60)/t25-,26-,27-,28-,29-,30-,31-/m0/s1. The Morgan fingerprint density at radius 3 is 1.78 bits per heavy atom. The van der Waals surface area contributed by atoms with E-state index in [2.05, 4.69) is 26.6 Å². The van der Waals surface area contributed by atoms with E-state index in [1.807, 2.05) is 0 Å². The molecule has 20 heteroatoms. The van der Waals surface area contributed by atoms with Gasteiger partial charge in [0, 0.05) is 32.4 Å². The fourth-order valence-electron chi connectivity index (χ4n) is 7.84. The first-order chi connectivity index (χ1) is 28.4. The van der Waals surface area contributed by atoms with Crippen molar-refractivity contribution in [1.82, 2.24) is 36.4 Å². The molecule has 7 amide bonds. The van der Waals surface area contributed by atoms with Gasteiger partial charge in [-0.2, -0.15) is 0 Å². The van der Waals surface area contributed by atoms with Crippen molar-refractivity contribution in [2.45, 2.75) is 133 Å². The highest BCUT2D eigenvalue weighted by Crippen LogP contribution is 2.23. The summed E-state index contributed by atoms with van der Waals surface area (Å²) >= 11 is 0. The third-order valence-electron chi connectivity index (χ3n) is 10.9. The van der Waals surface area contributed by atoms with Crippen LogP contribution in [0, 0.1) is 5.92 Å². The minimum absolute atomic E-state index is 0.0101. The average Bonchev–Trinajstić information content (AvgIpc) is 4.00. The lowest BCUT2D eigenvalue weighted by atomic mass is 10.0. The van der Waals surface area contributed by atoms with Crippen LogP contribution in [0.15, 0.2) is 24.3 Å². The Hall–Kier alpha value is -5.79. The molecule has 0 aromatic heterocycles. The Labute approximate surface area is 347 Å². The van der Waals surface area contributed by atoms with Gasteiger partial charge in [-0.25, -0.2) is 4.79 Å². The predicted molar refractivity (Wildman–Crippen MR) is 212 cm³/mol. The fraction of sp³-hybridized carbons (Fsp3) is 0.625. The average molecular weight is 843 g/mol. The van der Waals surface area contributed by atoms with Gasteiger partial charge in [-0.1, -0.05) is 26.0 Å². The Morgan fingerprint density at radius 2 is 1.27 bits per heavy atom. The number of nitrogens with zero attached hydrogens (tertiary/aromatic N) is 2. The maximum absolute atomic E-state index is 14.1. The van der Waals surface area contributed by atoms with Crippen molar-refractivity contribution in [3.8, 4) is 5.75 Å². The van der Waals surface area contributed by atoms with Crippen molar-refractivity contribution in [3.05, 3.63) is 29.8 Å². The van der Waals surface area contributed by atoms with E-state index in [1.165, 1.54) is 34.1 Å². The monoisotopic (exact) mass is 842 g/mol. The summed E-state index contributed by atoms with van der Waals surface area (Å²) in [6.45, 7) is 4.51. The third-order valence-corrected chi connectivity index (χ3v) is 10.9. The zero-order valence-corrected chi connectivity index (χ0v) is 34.0. The van der Waals surface area contributed by atoms with Crippen molar-refractivity contribution in [1.29, 1.82) is 0 Å². The van der Waals surface area contributed by atoms with Crippen LogP contribution in [0.1, 0.15) is 90.0 Å². The van der Waals surface area contributed by atoms with Crippen molar-refractivity contribution in [2.24, 2.45) is 11.7 Å². The second kappa shape index (κ2) is 22.0. The van der Waals surface area contributed by atoms with Crippen molar-refractivity contribution < 1.29 is 58.5 Å². The summed E-state index contributed by atoms with van der Waals surface area (Å²) in [5.41, 5.74) is 5.89. The molecule has 3 heterocycles. The molecule has 3 aliphatic heterocycles. The summed E-state index contributed by atoms with van der Waals surface area (Å²) < 4.78 is 0. The number of benzene rings is 1. The van der Waals surface area contributed by atoms with Crippen LogP contribution in [-0.4, -0.2) is 140 Å². The van der Waals surface area contributed by atoms with Gasteiger partial charge >= 0.3 is 11.9 Å². The molecule has 330 valence electrons. The number of carbonyl (C=O) groups is 9. The normalized spacial score (nSPS) is 20.8. The molecule has 0 unspecified atom stereocenters. The lowest BCUT2D eigenvalue weighted by Crippen LogP contribution is -2.59. The highest BCUT2D eigenvalue weighted by Gasteiger charge is 2.42. The van der Waals surface area contributed by atoms with E-state index in [1.54, 1.807) is 13.8 Å². The molecule has 0 bridgehead atoms. The number of likely N-dealkylation sites (tertiary alicyclic amines) is 2. The van der Waals surface area contributed by atoms with Crippen molar-refractivity contribution in [2.75, 3.05) is 19.6 Å². The Morgan fingerprint density at radius 1 is 0.717 bits per heavy atom. The van der Waals surface area contributed by atoms with E-state index in [0.717, 1.165) is 6.42 Å². The van der Waals surface area contributed by atoms with Crippen LogP contribution in [0.5, 0.6) is 5.75 Å². The summed E-state index contributed by atoms with van der Waals surface area (Å²) in [5, 5.41) is 42.4. The van der Waals surface area contributed by atoms with Gasteiger partial charge in [0.15, 0.2) is 0 Å². The van der Waals surface area contributed by atoms with Gasteiger partial charge in [-0.05, 0) is 87.9 Å². The molecule has 1 aromatic carbocycles. The largest absolute Gasteiger partial charge is 0.508 e. The summed E-state index contributed by atoms with van der Waals surface area (Å²) in [6.07, 6.45) is 1.36. The molecule has 1 aromatic rings. The van der Waals surface area contributed by atoms with E-state index in [-0.39, 0.29) is 69.7 Å². The van der Waals surface area contributed by atoms with Crippen molar-refractivity contribution >= 4 is 53.3 Å². The number of nitrogens with two attached hydrogens (primary N) is 1. The number of phenols is 1. The summed E-state index contributed by atoms with van der Waals surface area (Å²) in [6, 6.07) is -2.01. The number of hydrogen-bond donors (Lipinski definition) is 9. The number of primary amides is 1. The second-order valence-corrected chi connectivity index (χ2v) is 16.0. The predicted octanol–water partition coefficient (Wildman–Crippen LogP) is -1.13. The summed E-state index contributed by atoms with van der Waals surface area (Å²) in [4.78, 5) is 120. The first-order valence-electron chi connectivity index (χ1n) is 20.5. The maximum atomic E-state index is 14.1. The van der Waals surface area contributed by atoms with Gasteiger partial charge in [-0.3, -0.25) is 38.4 Å².